The molecule has 0 radical (unpaired) electrons. The molecule has 2 aromatic heterocycles. The zero-order chi connectivity index (χ0) is 17.1. The Bertz CT molecular complexity index is 768. The van der Waals surface area contributed by atoms with E-state index in [1.165, 1.54) is 0 Å². The molecule has 24 heavy (non-hydrogen) atoms. The number of aromatic nitrogens is 1. The van der Waals surface area contributed by atoms with Crippen molar-refractivity contribution in [2.24, 2.45) is 0 Å². The molecule has 0 spiro atoms. The van der Waals surface area contributed by atoms with Gasteiger partial charge in [0.25, 0.3) is 0 Å². The van der Waals surface area contributed by atoms with Crippen LogP contribution in [-0.4, -0.2) is 17.1 Å². The van der Waals surface area contributed by atoms with Gasteiger partial charge in [-0.15, -0.1) is 0 Å². The van der Waals surface area contributed by atoms with E-state index in [1.807, 2.05) is 30.3 Å². The highest BCUT2D eigenvalue weighted by Gasteiger charge is 2.23. The summed E-state index contributed by atoms with van der Waals surface area (Å²) >= 11 is 0. The Balaban J connectivity index is 2.17. The van der Waals surface area contributed by atoms with Crippen molar-refractivity contribution >= 4 is 5.69 Å². The van der Waals surface area contributed by atoms with Gasteiger partial charge in [-0.05, 0) is 39.8 Å². The second kappa shape index (κ2) is 6.91. The fraction of sp³-hybridized carbons (Fsp3) is 0.286. The van der Waals surface area contributed by atoms with Crippen molar-refractivity contribution < 1.29 is 4.42 Å². The summed E-state index contributed by atoms with van der Waals surface area (Å²) in [6.45, 7) is 8.86. The molecule has 0 saturated carbocycles. The van der Waals surface area contributed by atoms with Gasteiger partial charge in [0.05, 0.1) is 5.69 Å². The van der Waals surface area contributed by atoms with Crippen LogP contribution in [0.1, 0.15) is 27.7 Å². The molecule has 0 amide bonds. The van der Waals surface area contributed by atoms with Crippen molar-refractivity contribution in [3.63, 3.8) is 0 Å². The quantitative estimate of drug-likeness (QED) is 0.610. The number of rotatable bonds is 5. The monoisotopic (exact) mass is 320 g/mol. The lowest BCUT2D eigenvalue weighted by Crippen LogP contribution is -2.37. The second-order valence-corrected chi connectivity index (χ2v) is 6.52. The summed E-state index contributed by atoms with van der Waals surface area (Å²) in [4.78, 5) is 6.50. The molecule has 0 atom stereocenters. The lowest BCUT2D eigenvalue weighted by atomic mass is 10.1. The van der Waals surface area contributed by atoms with Gasteiger partial charge < -0.3 is 9.32 Å². The molecule has 0 bridgehead atoms. The third kappa shape index (κ3) is 3.21. The first-order chi connectivity index (χ1) is 11.6. The predicted octanol–water partition coefficient (Wildman–Crippen LogP) is 5.63. The van der Waals surface area contributed by atoms with Gasteiger partial charge in [0.1, 0.15) is 5.76 Å². The number of hydrogen-bond donors (Lipinski definition) is 0. The molecule has 0 saturated heterocycles. The lowest BCUT2D eigenvalue weighted by Gasteiger charge is -2.32. The van der Waals surface area contributed by atoms with Crippen molar-refractivity contribution in [1.29, 1.82) is 0 Å². The van der Waals surface area contributed by atoms with Gasteiger partial charge >= 0.3 is 0 Å². The first-order valence-corrected chi connectivity index (χ1v) is 8.46. The van der Waals surface area contributed by atoms with E-state index in [1.54, 1.807) is 12.4 Å². The second-order valence-electron chi connectivity index (χ2n) is 6.52. The van der Waals surface area contributed by atoms with Gasteiger partial charge in [0.2, 0.25) is 0 Å². The number of pyridine rings is 1. The zero-order valence-corrected chi connectivity index (χ0v) is 14.7. The minimum absolute atomic E-state index is 0.385. The van der Waals surface area contributed by atoms with Crippen LogP contribution >= 0.6 is 0 Å². The zero-order valence-electron chi connectivity index (χ0n) is 14.7. The highest BCUT2D eigenvalue weighted by molar-refractivity contribution is 5.79. The number of anilines is 1. The van der Waals surface area contributed by atoms with Crippen molar-refractivity contribution in [2.75, 3.05) is 4.90 Å². The summed E-state index contributed by atoms with van der Waals surface area (Å²) in [5.41, 5.74) is 3.28. The van der Waals surface area contributed by atoms with Crippen LogP contribution < -0.4 is 4.90 Å². The molecule has 0 N–H and O–H groups in total. The van der Waals surface area contributed by atoms with E-state index >= 15 is 0 Å². The molecule has 0 unspecified atom stereocenters. The highest BCUT2D eigenvalue weighted by atomic mass is 16.3. The largest absolute Gasteiger partial charge is 0.454 e. The molecule has 3 heteroatoms. The molecule has 3 nitrogen and oxygen atoms in total. The Labute approximate surface area is 144 Å². The van der Waals surface area contributed by atoms with E-state index in [2.05, 4.69) is 55.8 Å². The summed E-state index contributed by atoms with van der Waals surface area (Å²) in [5, 5.41) is 0. The summed E-state index contributed by atoms with van der Waals surface area (Å²) in [7, 11) is 0. The predicted molar refractivity (Wildman–Crippen MR) is 100 cm³/mol. The van der Waals surface area contributed by atoms with Crippen LogP contribution in [0.3, 0.4) is 0 Å². The van der Waals surface area contributed by atoms with Crippen LogP contribution in [0.15, 0.2) is 65.3 Å². The van der Waals surface area contributed by atoms with Crippen LogP contribution in [-0.2, 0) is 0 Å². The van der Waals surface area contributed by atoms with Crippen LogP contribution in [0.25, 0.3) is 22.6 Å². The molecule has 1 aromatic carbocycles. The van der Waals surface area contributed by atoms with E-state index in [-0.39, 0.29) is 0 Å². The third-order valence-corrected chi connectivity index (χ3v) is 4.10. The molecule has 0 aliphatic carbocycles. The van der Waals surface area contributed by atoms with E-state index < -0.39 is 0 Å². The van der Waals surface area contributed by atoms with Gasteiger partial charge in [-0.25, -0.2) is 0 Å². The summed E-state index contributed by atoms with van der Waals surface area (Å²) < 4.78 is 6.30. The first-order valence-electron chi connectivity index (χ1n) is 8.46. The molecule has 0 aliphatic rings. The molecule has 3 aromatic rings. The van der Waals surface area contributed by atoms with Gasteiger partial charge in [-0.3, -0.25) is 4.98 Å². The van der Waals surface area contributed by atoms with E-state index in [0.717, 1.165) is 28.3 Å². The number of hydrogen-bond acceptors (Lipinski definition) is 3. The average molecular weight is 320 g/mol. The Morgan fingerprint density at radius 3 is 2.04 bits per heavy atom. The van der Waals surface area contributed by atoms with E-state index in [9.17, 15) is 0 Å². The first kappa shape index (κ1) is 16.3. The molecule has 0 aliphatic heterocycles. The van der Waals surface area contributed by atoms with Crippen LogP contribution in [0.2, 0.25) is 0 Å². The number of furan rings is 1. The minimum Gasteiger partial charge on any atom is -0.454 e. The SMILES string of the molecule is CC(C)N(c1cc(-c2ccncc2)oc1-c1ccccc1)C(C)C. The van der Waals surface area contributed by atoms with Gasteiger partial charge in [0, 0.05) is 41.7 Å². The van der Waals surface area contributed by atoms with E-state index in [4.69, 9.17) is 4.42 Å². The topological polar surface area (TPSA) is 29.3 Å². The molecular weight excluding hydrogens is 296 g/mol. The Hall–Kier alpha value is -2.55. The molecular formula is C21H24N2O. The lowest BCUT2D eigenvalue weighted by molar-refractivity contribution is 0.580. The van der Waals surface area contributed by atoms with Crippen molar-refractivity contribution in [2.45, 2.75) is 39.8 Å². The van der Waals surface area contributed by atoms with Gasteiger partial charge in [-0.1, -0.05) is 30.3 Å². The summed E-state index contributed by atoms with van der Waals surface area (Å²) in [5.74, 6) is 1.79. The maximum atomic E-state index is 6.30. The maximum absolute atomic E-state index is 6.30. The fourth-order valence-corrected chi connectivity index (χ4v) is 3.18. The third-order valence-electron chi connectivity index (χ3n) is 4.10. The van der Waals surface area contributed by atoms with Crippen LogP contribution in [0, 0.1) is 0 Å². The van der Waals surface area contributed by atoms with Crippen molar-refractivity contribution in [3.8, 4) is 22.6 Å². The minimum atomic E-state index is 0.385. The van der Waals surface area contributed by atoms with Gasteiger partial charge in [0.15, 0.2) is 5.76 Å². The Morgan fingerprint density at radius 2 is 1.46 bits per heavy atom. The highest BCUT2D eigenvalue weighted by Crippen LogP contribution is 2.39. The number of nitrogens with zero attached hydrogens (tertiary/aromatic N) is 2. The smallest absolute Gasteiger partial charge is 0.158 e. The Kier molecular flexibility index (Phi) is 4.70. The molecule has 124 valence electrons. The molecule has 3 rings (SSSR count). The average Bonchev–Trinajstić information content (AvgIpc) is 3.00. The normalized spacial score (nSPS) is 11.2. The summed E-state index contributed by atoms with van der Waals surface area (Å²) in [6, 6.07) is 17.2. The van der Waals surface area contributed by atoms with Gasteiger partial charge in [-0.2, -0.15) is 0 Å². The maximum Gasteiger partial charge on any atom is 0.158 e. The molecule has 2 heterocycles. The number of benzene rings is 1. The van der Waals surface area contributed by atoms with E-state index in [0.29, 0.717) is 12.1 Å². The van der Waals surface area contributed by atoms with Crippen LogP contribution in [0.5, 0.6) is 0 Å². The standard InChI is InChI=1S/C21H24N2O/c1-15(2)23(16(3)4)19-14-20(17-10-12-22-13-11-17)24-21(19)18-8-6-5-7-9-18/h5-16H,1-4H3. The van der Waals surface area contributed by atoms with Crippen LogP contribution in [0.4, 0.5) is 5.69 Å². The molecule has 0 fully saturated rings. The van der Waals surface area contributed by atoms with Crippen molar-refractivity contribution in [1.82, 2.24) is 4.98 Å². The van der Waals surface area contributed by atoms with Crippen molar-refractivity contribution in [3.05, 3.63) is 60.9 Å². The fourth-order valence-electron chi connectivity index (χ4n) is 3.18. The summed E-state index contributed by atoms with van der Waals surface area (Å²) in [6.07, 6.45) is 3.59. The Morgan fingerprint density at radius 1 is 0.833 bits per heavy atom.